The molecule has 0 radical (unpaired) electrons. The summed E-state index contributed by atoms with van der Waals surface area (Å²) in [6.07, 6.45) is 2.40. The zero-order valence-corrected chi connectivity index (χ0v) is 11.8. The van der Waals surface area contributed by atoms with Gasteiger partial charge in [-0.25, -0.2) is 13.8 Å². The normalized spacial score (nSPS) is 22.2. The molecule has 1 aliphatic carbocycles. The number of halogens is 3. The van der Waals surface area contributed by atoms with Gasteiger partial charge in [-0.05, 0) is 18.9 Å². The molecule has 1 aromatic carbocycles. The molecular weight excluding hydrogens is 286 g/mol. The third-order valence-corrected chi connectivity index (χ3v) is 4.06. The number of methoxy groups -OCH3 is 1. The van der Waals surface area contributed by atoms with Crippen molar-refractivity contribution in [1.29, 1.82) is 0 Å². The molecule has 1 heterocycles. The van der Waals surface area contributed by atoms with Crippen molar-refractivity contribution >= 4 is 22.6 Å². The van der Waals surface area contributed by atoms with Crippen molar-refractivity contribution in [2.75, 3.05) is 13.0 Å². The molecule has 0 spiro atoms. The molecule has 1 fully saturated rings. The fourth-order valence-corrected chi connectivity index (χ4v) is 2.95. The number of hydrogen-bond acceptors (Lipinski definition) is 2. The Morgan fingerprint density at radius 2 is 2.15 bits per heavy atom. The van der Waals surface area contributed by atoms with Gasteiger partial charge < -0.3 is 9.30 Å². The summed E-state index contributed by atoms with van der Waals surface area (Å²) in [6, 6.07) is 2.37. The number of alkyl halides is 1. The SMILES string of the molecule is COC1CC(n2c(CCCl)nc3c(F)cc(F)cc32)C1. The molecule has 0 saturated heterocycles. The van der Waals surface area contributed by atoms with Crippen molar-refractivity contribution in [2.45, 2.75) is 31.4 Å². The number of benzene rings is 1. The molecule has 0 unspecified atom stereocenters. The van der Waals surface area contributed by atoms with Crippen LogP contribution in [0.3, 0.4) is 0 Å². The van der Waals surface area contributed by atoms with Crippen LogP contribution in [0.15, 0.2) is 12.1 Å². The second-order valence-corrected chi connectivity index (χ2v) is 5.45. The van der Waals surface area contributed by atoms with E-state index in [2.05, 4.69) is 4.98 Å². The van der Waals surface area contributed by atoms with Crippen LogP contribution in [0.2, 0.25) is 0 Å². The molecule has 0 aliphatic heterocycles. The summed E-state index contributed by atoms with van der Waals surface area (Å²) in [5.74, 6) is -0.110. The first-order valence-electron chi connectivity index (χ1n) is 6.58. The number of imidazole rings is 1. The number of rotatable bonds is 4. The molecule has 0 amide bonds. The summed E-state index contributed by atoms with van der Waals surface area (Å²) in [5.41, 5.74) is 0.717. The van der Waals surface area contributed by atoms with Crippen LogP contribution in [-0.2, 0) is 11.2 Å². The monoisotopic (exact) mass is 300 g/mol. The maximum Gasteiger partial charge on any atom is 0.153 e. The molecule has 1 aliphatic rings. The maximum absolute atomic E-state index is 13.8. The van der Waals surface area contributed by atoms with Gasteiger partial charge in [-0.1, -0.05) is 0 Å². The van der Waals surface area contributed by atoms with E-state index in [1.54, 1.807) is 7.11 Å². The van der Waals surface area contributed by atoms with Crippen LogP contribution in [0.1, 0.15) is 24.7 Å². The van der Waals surface area contributed by atoms with Gasteiger partial charge in [0.05, 0.1) is 11.6 Å². The second kappa shape index (κ2) is 5.30. The lowest BCUT2D eigenvalue weighted by atomic mass is 9.88. The van der Waals surface area contributed by atoms with E-state index in [1.807, 2.05) is 4.57 Å². The predicted molar refractivity (Wildman–Crippen MR) is 73.1 cm³/mol. The second-order valence-electron chi connectivity index (χ2n) is 5.08. The lowest BCUT2D eigenvalue weighted by molar-refractivity contribution is 0.00663. The molecular formula is C14H15ClF2N2O. The summed E-state index contributed by atoms with van der Waals surface area (Å²) in [5, 5.41) is 0. The average Bonchev–Trinajstić information content (AvgIpc) is 2.68. The number of hydrogen-bond donors (Lipinski definition) is 0. The Bertz CT molecular complexity index is 638. The minimum atomic E-state index is -0.628. The maximum atomic E-state index is 13.8. The van der Waals surface area contributed by atoms with Crippen LogP contribution >= 0.6 is 11.6 Å². The van der Waals surface area contributed by atoms with E-state index >= 15 is 0 Å². The highest BCUT2D eigenvalue weighted by Gasteiger charge is 2.33. The number of fused-ring (bicyclic) bond motifs is 1. The number of nitrogens with zero attached hydrogens (tertiary/aromatic N) is 2. The van der Waals surface area contributed by atoms with Crippen LogP contribution in [0.25, 0.3) is 11.0 Å². The quantitative estimate of drug-likeness (QED) is 0.809. The molecule has 0 bridgehead atoms. The first-order valence-corrected chi connectivity index (χ1v) is 7.12. The topological polar surface area (TPSA) is 27.1 Å². The van der Waals surface area contributed by atoms with Crippen molar-refractivity contribution in [2.24, 2.45) is 0 Å². The van der Waals surface area contributed by atoms with E-state index in [9.17, 15) is 8.78 Å². The Morgan fingerprint density at radius 1 is 1.40 bits per heavy atom. The minimum Gasteiger partial charge on any atom is -0.381 e. The van der Waals surface area contributed by atoms with Gasteiger partial charge in [0.15, 0.2) is 5.82 Å². The van der Waals surface area contributed by atoms with Crippen LogP contribution in [0.5, 0.6) is 0 Å². The van der Waals surface area contributed by atoms with Crippen LogP contribution in [0, 0.1) is 11.6 Å². The van der Waals surface area contributed by atoms with Crippen molar-refractivity contribution < 1.29 is 13.5 Å². The van der Waals surface area contributed by atoms with Gasteiger partial charge in [0.25, 0.3) is 0 Å². The summed E-state index contributed by atoms with van der Waals surface area (Å²) in [7, 11) is 1.67. The summed E-state index contributed by atoms with van der Waals surface area (Å²) < 4.78 is 34.5. The van der Waals surface area contributed by atoms with Gasteiger partial charge in [-0.3, -0.25) is 0 Å². The van der Waals surface area contributed by atoms with E-state index < -0.39 is 11.6 Å². The fourth-order valence-electron chi connectivity index (χ4n) is 2.78. The van der Waals surface area contributed by atoms with Gasteiger partial charge in [-0.15, -0.1) is 11.6 Å². The first kappa shape index (κ1) is 13.8. The highest BCUT2D eigenvalue weighted by atomic mass is 35.5. The zero-order valence-electron chi connectivity index (χ0n) is 11.1. The molecule has 108 valence electrons. The molecule has 3 rings (SSSR count). The molecule has 2 aromatic rings. The molecule has 0 N–H and O–H groups in total. The highest BCUT2D eigenvalue weighted by molar-refractivity contribution is 6.17. The Labute approximate surface area is 120 Å². The van der Waals surface area contributed by atoms with Crippen LogP contribution in [-0.4, -0.2) is 28.6 Å². The molecule has 0 atom stereocenters. The Kier molecular flexibility index (Phi) is 3.65. The van der Waals surface area contributed by atoms with E-state index in [1.165, 1.54) is 6.07 Å². The minimum absolute atomic E-state index is 0.171. The van der Waals surface area contributed by atoms with Crippen molar-refractivity contribution in [3.63, 3.8) is 0 Å². The summed E-state index contributed by atoms with van der Waals surface area (Å²) >= 11 is 5.78. The molecule has 20 heavy (non-hydrogen) atoms. The van der Waals surface area contributed by atoms with Gasteiger partial charge in [0.2, 0.25) is 0 Å². The molecule has 3 nitrogen and oxygen atoms in total. The third kappa shape index (κ3) is 2.19. The van der Waals surface area contributed by atoms with E-state index in [0.717, 1.165) is 18.9 Å². The van der Waals surface area contributed by atoms with E-state index in [-0.39, 0.29) is 17.7 Å². The third-order valence-electron chi connectivity index (χ3n) is 3.87. The van der Waals surface area contributed by atoms with Gasteiger partial charge in [0.1, 0.15) is 17.2 Å². The van der Waals surface area contributed by atoms with Crippen molar-refractivity contribution in [1.82, 2.24) is 9.55 Å². The first-order chi connectivity index (χ1) is 9.63. The Hall–Kier alpha value is -1.20. The Balaban J connectivity index is 2.09. The number of aryl methyl sites for hydroxylation is 1. The average molecular weight is 301 g/mol. The lowest BCUT2D eigenvalue weighted by Crippen LogP contribution is -2.33. The summed E-state index contributed by atoms with van der Waals surface area (Å²) in [4.78, 5) is 4.29. The zero-order chi connectivity index (χ0) is 14.3. The largest absolute Gasteiger partial charge is 0.381 e. The number of aromatic nitrogens is 2. The van der Waals surface area contributed by atoms with Crippen molar-refractivity contribution in [3.8, 4) is 0 Å². The molecule has 1 saturated carbocycles. The van der Waals surface area contributed by atoms with E-state index in [4.69, 9.17) is 16.3 Å². The fraction of sp³-hybridized carbons (Fsp3) is 0.500. The lowest BCUT2D eigenvalue weighted by Gasteiger charge is -2.36. The van der Waals surface area contributed by atoms with Gasteiger partial charge in [-0.2, -0.15) is 0 Å². The molecule has 6 heteroatoms. The predicted octanol–water partition coefficient (Wildman–Crippen LogP) is 3.45. The summed E-state index contributed by atoms with van der Waals surface area (Å²) in [6.45, 7) is 0. The highest BCUT2D eigenvalue weighted by Crippen LogP contribution is 2.38. The molecule has 1 aromatic heterocycles. The van der Waals surface area contributed by atoms with Gasteiger partial charge >= 0.3 is 0 Å². The van der Waals surface area contributed by atoms with Crippen LogP contribution < -0.4 is 0 Å². The van der Waals surface area contributed by atoms with Crippen molar-refractivity contribution in [3.05, 3.63) is 29.6 Å². The van der Waals surface area contributed by atoms with E-state index in [0.29, 0.717) is 23.6 Å². The number of ether oxygens (including phenoxy) is 1. The standard InChI is InChI=1S/C14H15ClF2N2O/c1-20-10-6-9(7-10)19-12-5-8(16)4-11(17)14(12)18-13(19)2-3-15/h4-5,9-10H,2-3,6-7H2,1H3. The van der Waals surface area contributed by atoms with Crippen LogP contribution in [0.4, 0.5) is 8.78 Å². The van der Waals surface area contributed by atoms with Gasteiger partial charge in [0, 0.05) is 31.5 Å². The Morgan fingerprint density at radius 3 is 2.80 bits per heavy atom. The smallest absolute Gasteiger partial charge is 0.153 e.